The first kappa shape index (κ1) is 40.3. The van der Waals surface area contributed by atoms with Crippen molar-refractivity contribution in [2.24, 2.45) is 5.73 Å². The average molecular weight is 613 g/mol. The van der Waals surface area contributed by atoms with E-state index in [1.807, 2.05) is 0 Å². The Kier molecular flexibility index (Phi) is 25.8. The van der Waals surface area contributed by atoms with Gasteiger partial charge in [0.1, 0.15) is 18.3 Å². The summed E-state index contributed by atoms with van der Waals surface area (Å²) in [5.41, 5.74) is 5.97. The third kappa shape index (κ3) is 18.7. The second kappa shape index (κ2) is 27.6. The molecule has 43 heavy (non-hydrogen) atoms. The van der Waals surface area contributed by atoms with Crippen LogP contribution in [0.4, 0.5) is 0 Å². The minimum atomic E-state index is -1.29. The maximum atomic E-state index is 13.3. The first-order valence-electron chi connectivity index (χ1n) is 18.6. The first-order chi connectivity index (χ1) is 21.0. The van der Waals surface area contributed by atoms with Crippen LogP contribution in [-0.4, -0.2) is 69.9 Å². The second-order valence-electron chi connectivity index (χ2n) is 13.3. The summed E-state index contributed by atoms with van der Waals surface area (Å²) in [6, 6.07) is -0.888. The Hall–Kier alpha value is -0.730. The number of nitrogens with two attached hydrogens (primary N) is 1. The Balaban J connectivity index is 2.33. The van der Waals surface area contributed by atoms with Gasteiger partial charge in [-0.3, -0.25) is 4.79 Å². The smallest absolute Gasteiger partial charge is 0.224 e. The molecule has 256 valence electrons. The third-order valence-corrected chi connectivity index (χ3v) is 9.33. The van der Waals surface area contributed by atoms with Crippen LogP contribution in [0.1, 0.15) is 181 Å². The molecule has 0 radical (unpaired) electrons. The molecule has 0 aromatic heterocycles. The third-order valence-electron chi connectivity index (χ3n) is 9.33. The lowest BCUT2D eigenvalue weighted by Gasteiger charge is -2.45. The van der Waals surface area contributed by atoms with Crippen molar-refractivity contribution in [2.75, 3.05) is 13.2 Å². The minimum absolute atomic E-state index is 0.0488. The largest absolute Gasteiger partial charge is 0.394 e. The van der Waals surface area contributed by atoms with Crippen molar-refractivity contribution in [3.05, 3.63) is 0 Å². The highest BCUT2D eigenvalue weighted by atomic mass is 16.5. The van der Waals surface area contributed by atoms with E-state index in [-0.39, 0.29) is 12.5 Å². The lowest BCUT2D eigenvalue weighted by atomic mass is 9.95. The van der Waals surface area contributed by atoms with Crippen LogP contribution in [0.5, 0.6) is 0 Å². The molecule has 7 heteroatoms. The molecule has 1 fully saturated rings. The van der Waals surface area contributed by atoms with Gasteiger partial charge in [-0.2, -0.15) is 0 Å². The van der Waals surface area contributed by atoms with Crippen molar-refractivity contribution in [2.45, 2.75) is 211 Å². The molecule has 0 aliphatic carbocycles. The van der Waals surface area contributed by atoms with Gasteiger partial charge in [0.25, 0.3) is 0 Å². The number of amides is 1. The predicted octanol–water partition coefficient (Wildman–Crippen LogP) is 7.76. The zero-order valence-corrected chi connectivity index (χ0v) is 28.4. The maximum absolute atomic E-state index is 13.3. The fraction of sp³-hybridized carbons (Fsp3) is 0.972. The zero-order chi connectivity index (χ0) is 31.5. The van der Waals surface area contributed by atoms with Gasteiger partial charge in [-0.15, -0.1) is 0 Å². The number of hydrogen-bond donors (Lipinski definition) is 4. The number of ether oxygens (including phenoxy) is 1. The summed E-state index contributed by atoms with van der Waals surface area (Å²) < 4.78 is 5.90. The molecule has 1 aliphatic rings. The van der Waals surface area contributed by atoms with Gasteiger partial charge in [-0.1, -0.05) is 162 Å². The van der Waals surface area contributed by atoms with Gasteiger partial charge in [-0.25, -0.2) is 0 Å². The Labute approximate surface area is 265 Å². The molecule has 1 saturated heterocycles. The molecule has 0 saturated carbocycles. The average Bonchev–Trinajstić information content (AvgIpc) is 3.01. The van der Waals surface area contributed by atoms with Gasteiger partial charge < -0.3 is 30.7 Å². The molecule has 1 unspecified atom stereocenters. The number of aliphatic hydroxyl groups excluding tert-OH is 3. The van der Waals surface area contributed by atoms with Crippen LogP contribution in [0.25, 0.3) is 0 Å². The van der Waals surface area contributed by atoms with Crippen molar-refractivity contribution in [3.8, 4) is 0 Å². The Bertz CT molecular complexity index is 635. The normalized spacial score (nSPS) is 22.2. The molecule has 0 bridgehead atoms. The van der Waals surface area contributed by atoms with E-state index in [1.165, 1.54) is 122 Å². The zero-order valence-electron chi connectivity index (χ0n) is 28.4. The van der Waals surface area contributed by atoms with Crippen molar-refractivity contribution in [1.82, 2.24) is 4.90 Å². The SMILES string of the molecule is CCCCCCCCCCCCCCCCCCN(C(=O)CCCCCCCCCCC)C1O[C@H](CO)[C@@H](N)[C@H](O)[C@H]1O. The van der Waals surface area contributed by atoms with E-state index >= 15 is 0 Å². The van der Waals surface area contributed by atoms with Crippen molar-refractivity contribution in [3.63, 3.8) is 0 Å². The molecule has 5 N–H and O–H groups in total. The number of nitrogens with zero attached hydrogens (tertiary/aromatic N) is 1. The van der Waals surface area contributed by atoms with Gasteiger partial charge in [-0.05, 0) is 12.8 Å². The molecule has 0 aromatic rings. The molecule has 0 spiro atoms. The van der Waals surface area contributed by atoms with E-state index in [0.29, 0.717) is 13.0 Å². The minimum Gasteiger partial charge on any atom is -0.394 e. The topological polar surface area (TPSA) is 116 Å². The monoisotopic (exact) mass is 613 g/mol. The highest BCUT2D eigenvalue weighted by molar-refractivity contribution is 5.76. The van der Waals surface area contributed by atoms with E-state index in [0.717, 1.165) is 38.5 Å². The van der Waals surface area contributed by atoms with Crippen LogP contribution in [0, 0.1) is 0 Å². The quantitative estimate of drug-likeness (QED) is 0.0642. The van der Waals surface area contributed by atoms with Crippen LogP contribution in [0.2, 0.25) is 0 Å². The molecule has 7 nitrogen and oxygen atoms in total. The van der Waals surface area contributed by atoms with Gasteiger partial charge in [0, 0.05) is 13.0 Å². The number of hydrogen-bond acceptors (Lipinski definition) is 6. The van der Waals surface area contributed by atoms with Crippen LogP contribution in [-0.2, 0) is 9.53 Å². The summed E-state index contributed by atoms with van der Waals surface area (Å²) in [7, 11) is 0. The fourth-order valence-electron chi connectivity index (χ4n) is 6.34. The van der Waals surface area contributed by atoms with Crippen LogP contribution >= 0.6 is 0 Å². The Morgan fingerprint density at radius 1 is 0.605 bits per heavy atom. The van der Waals surface area contributed by atoms with E-state index in [9.17, 15) is 20.1 Å². The molecule has 1 rings (SSSR count). The summed E-state index contributed by atoms with van der Waals surface area (Å²) >= 11 is 0. The van der Waals surface area contributed by atoms with Crippen LogP contribution in [0.3, 0.4) is 0 Å². The van der Waals surface area contributed by atoms with Crippen molar-refractivity contribution in [1.29, 1.82) is 0 Å². The molecule has 5 atom stereocenters. The van der Waals surface area contributed by atoms with Crippen molar-refractivity contribution >= 4 is 5.91 Å². The number of aliphatic hydroxyl groups is 3. The van der Waals surface area contributed by atoms with E-state index < -0.39 is 30.6 Å². The maximum Gasteiger partial charge on any atom is 0.224 e. The van der Waals surface area contributed by atoms with E-state index in [4.69, 9.17) is 10.5 Å². The summed E-state index contributed by atoms with van der Waals surface area (Å²) in [4.78, 5) is 14.9. The molecule has 1 heterocycles. The van der Waals surface area contributed by atoms with E-state index in [1.54, 1.807) is 4.90 Å². The van der Waals surface area contributed by atoms with Gasteiger partial charge >= 0.3 is 0 Å². The number of rotatable bonds is 29. The number of carbonyl (C=O) groups is 1. The van der Waals surface area contributed by atoms with Gasteiger partial charge in [0.15, 0.2) is 6.23 Å². The van der Waals surface area contributed by atoms with Crippen LogP contribution < -0.4 is 5.73 Å². The van der Waals surface area contributed by atoms with Gasteiger partial charge in [0.05, 0.1) is 12.6 Å². The summed E-state index contributed by atoms with van der Waals surface area (Å²) in [5, 5.41) is 31.0. The second-order valence-corrected chi connectivity index (χ2v) is 13.3. The van der Waals surface area contributed by atoms with E-state index in [2.05, 4.69) is 13.8 Å². The summed E-state index contributed by atoms with van der Waals surface area (Å²) in [6.07, 6.45) is 27.3. The molecule has 1 amide bonds. The highest BCUT2D eigenvalue weighted by Gasteiger charge is 2.45. The standard InChI is InChI=1S/C36H72N2O5/c1-3-5-7-9-11-13-14-15-16-17-18-19-21-23-25-27-29-38(36-35(42)34(41)33(37)31(30-39)43-36)32(40)28-26-24-22-20-12-10-8-6-4-2/h31,33-36,39,41-42H,3-30,37H2,1-2H3/t31-,33-,34+,35-,36?/m1/s1. The summed E-state index contributed by atoms with van der Waals surface area (Å²) in [5.74, 6) is -0.0488. The van der Waals surface area contributed by atoms with Gasteiger partial charge in [0.2, 0.25) is 5.91 Å². The first-order valence-corrected chi connectivity index (χ1v) is 18.6. The molecular weight excluding hydrogens is 540 g/mol. The molecule has 0 aromatic carbocycles. The lowest BCUT2D eigenvalue weighted by Crippen LogP contribution is -2.66. The van der Waals surface area contributed by atoms with Crippen LogP contribution in [0.15, 0.2) is 0 Å². The Morgan fingerprint density at radius 2 is 0.977 bits per heavy atom. The molecule has 1 aliphatic heterocycles. The Morgan fingerprint density at radius 3 is 1.37 bits per heavy atom. The highest BCUT2D eigenvalue weighted by Crippen LogP contribution is 2.25. The number of carbonyl (C=O) groups excluding carboxylic acids is 1. The molecular formula is C36H72N2O5. The summed E-state index contributed by atoms with van der Waals surface area (Å²) in [6.45, 7) is 4.63. The lowest BCUT2D eigenvalue weighted by molar-refractivity contribution is -0.232. The fourth-order valence-corrected chi connectivity index (χ4v) is 6.34. The predicted molar refractivity (Wildman–Crippen MR) is 179 cm³/mol. The number of unbranched alkanes of at least 4 members (excludes halogenated alkanes) is 23. The van der Waals surface area contributed by atoms with Crippen molar-refractivity contribution < 1.29 is 24.9 Å².